The van der Waals surface area contributed by atoms with E-state index in [4.69, 9.17) is 16.3 Å². The van der Waals surface area contributed by atoms with Crippen LogP contribution in [0.15, 0.2) is 22.1 Å². The van der Waals surface area contributed by atoms with E-state index < -0.39 is 0 Å². The smallest absolute Gasteiger partial charge is 0.160 e. The lowest BCUT2D eigenvalue weighted by molar-refractivity contribution is 0.415. The van der Waals surface area contributed by atoms with Crippen molar-refractivity contribution < 1.29 is 4.74 Å². The summed E-state index contributed by atoms with van der Waals surface area (Å²) >= 11 is 11.2. The van der Waals surface area contributed by atoms with E-state index in [1.54, 1.807) is 18.4 Å². The van der Waals surface area contributed by atoms with Crippen LogP contribution in [-0.4, -0.2) is 12.1 Å². The van der Waals surface area contributed by atoms with Gasteiger partial charge in [0.1, 0.15) is 5.75 Å². The Morgan fingerprint density at radius 2 is 2.24 bits per heavy atom. The summed E-state index contributed by atoms with van der Waals surface area (Å²) in [5, 5.41) is 0.608. The maximum absolute atomic E-state index is 6.12. The molecule has 0 atom stereocenters. The van der Waals surface area contributed by atoms with Gasteiger partial charge in [-0.05, 0) is 40.5 Å². The summed E-state index contributed by atoms with van der Waals surface area (Å²) in [5.41, 5.74) is 2.02. The highest BCUT2D eigenvalue weighted by Crippen LogP contribution is 2.35. The Morgan fingerprint density at radius 3 is 2.82 bits per heavy atom. The van der Waals surface area contributed by atoms with Gasteiger partial charge in [-0.25, -0.2) is 4.98 Å². The molecule has 0 amide bonds. The first kappa shape index (κ1) is 12.9. The lowest BCUT2D eigenvalue weighted by Crippen LogP contribution is -1.87. The van der Waals surface area contributed by atoms with E-state index >= 15 is 0 Å². The van der Waals surface area contributed by atoms with Crippen LogP contribution in [0.2, 0.25) is 5.02 Å². The fraction of sp³-hybridized carbons (Fsp3) is 0.250. The zero-order valence-corrected chi connectivity index (χ0v) is 12.6. The molecule has 2 rings (SSSR count). The minimum absolute atomic E-state index is 0.608. The van der Waals surface area contributed by atoms with Crippen molar-refractivity contribution in [3.63, 3.8) is 0 Å². The number of ether oxygens (including phenoxy) is 1. The molecule has 0 saturated heterocycles. The standard InChI is InChI=1S/C12H11BrClNOS/c1-3-10-11(15-12(13)17-10)7-4-5-9(16-2)8(14)6-7/h4-6H,3H2,1-2H3. The molecule has 1 heterocycles. The van der Waals surface area contributed by atoms with Gasteiger partial charge in [-0.2, -0.15) is 0 Å². The summed E-state index contributed by atoms with van der Waals surface area (Å²) in [6.07, 6.45) is 0.961. The number of benzene rings is 1. The second-order valence-electron chi connectivity index (χ2n) is 3.44. The van der Waals surface area contributed by atoms with Crippen molar-refractivity contribution in [2.24, 2.45) is 0 Å². The number of methoxy groups -OCH3 is 1. The molecule has 2 aromatic rings. The van der Waals surface area contributed by atoms with Crippen LogP contribution in [0.4, 0.5) is 0 Å². The lowest BCUT2D eigenvalue weighted by Gasteiger charge is -2.05. The van der Waals surface area contributed by atoms with Gasteiger partial charge in [0.05, 0.1) is 17.8 Å². The molecular weight excluding hydrogens is 322 g/mol. The molecule has 0 spiro atoms. The van der Waals surface area contributed by atoms with Crippen molar-refractivity contribution in [3.05, 3.63) is 32.0 Å². The minimum atomic E-state index is 0.608. The third-order valence-corrected chi connectivity index (χ3v) is 4.36. The Hall–Kier alpha value is -0.580. The molecule has 0 N–H and O–H groups in total. The SMILES string of the molecule is CCc1sc(Br)nc1-c1ccc(OC)c(Cl)c1. The van der Waals surface area contributed by atoms with Gasteiger partial charge >= 0.3 is 0 Å². The highest BCUT2D eigenvalue weighted by Gasteiger charge is 2.12. The number of halogens is 2. The van der Waals surface area contributed by atoms with Crippen LogP contribution in [0.25, 0.3) is 11.3 Å². The summed E-state index contributed by atoms with van der Waals surface area (Å²) in [7, 11) is 1.61. The van der Waals surface area contributed by atoms with Crippen LogP contribution in [0.3, 0.4) is 0 Å². The quantitative estimate of drug-likeness (QED) is 0.805. The van der Waals surface area contributed by atoms with Crippen molar-refractivity contribution in [1.82, 2.24) is 4.98 Å². The first-order valence-electron chi connectivity index (χ1n) is 5.14. The monoisotopic (exact) mass is 331 g/mol. The second-order valence-corrected chi connectivity index (χ2v) is 6.21. The molecule has 0 aliphatic rings. The number of aryl methyl sites for hydroxylation is 1. The lowest BCUT2D eigenvalue weighted by atomic mass is 10.1. The van der Waals surface area contributed by atoms with Crippen LogP contribution in [0, 0.1) is 0 Å². The molecule has 0 radical (unpaired) electrons. The zero-order chi connectivity index (χ0) is 12.4. The van der Waals surface area contributed by atoms with Crippen molar-refractivity contribution in [2.45, 2.75) is 13.3 Å². The number of aromatic nitrogens is 1. The average molecular weight is 333 g/mol. The van der Waals surface area contributed by atoms with Crippen LogP contribution >= 0.6 is 38.9 Å². The molecular formula is C12H11BrClNOS. The average Bonchev–Trinajstić information content (AvgIpc) is 2.70. The minimum Gasteiger partial charge on any atom is -0.495 e. The highest BCUT2D eigenvalue weighted by atomic mass is 79.9. The maximum atomic E-state index is 6.12. The Kier molecular flexibility index (Phi) is 4.07. The van der Waals surface area contributed by atoms with Crippen molar-refractivity contribution >= 4 is 38.9 Å². The van der Waals surface area contributed by atoms with Gasteiger partial charge in [0.15, 0.2) is 3.92 Å². The van der Waals surface area contributed by atoms with Crippen LogP contribution in [0.5, 0.6) is 5.75 Å². The van der Waals surface area contributed by atoms with Gasteiger partial charge in [-0.15, -0.1) is 11.3 Å². The summed E-state index contributed by atoms with van der Waals surface area (Å²) in [6.45, 7) is 2.12. The second kappa shape index (κ2) is 5.38. The number of hydrogen-bond donors (Lipinski definition) is 0. The summed E-state index contributed by atoms with van der Waals surface area (Å²) < 4.78 is 6.04. The molecule has 90 valence electrons. The van der Waals surface area contributed by atoms with Crippen LogP contribution in [0.1, 0.15) is 11.8 Å². The molecule has 1 aromatic carbocycles. The van der Waals surface area contributed by atoms with Crippen molar-refractivity contribution in [1.29, 1.82) is 0 Å². The number of nitrogens with zero attached hydrogens (tertiary/aromatic N) is 1. The normalized spacial score (nSPS) is 10.6. The van der Waals surface area contributed by atoms with Crippen molar-refractivity contribution in [2.75, 3.05) is 7.11 Å². The third-order valence-electron chi connectivity index (χ3n) is 2.42. The Bertz CT molecular complexity index is 541. The molecule has 0 aliphatic carbocycles. The topological polar surface area (TPSA) is 22.1 Å². The molecule has 0 bridgehead atoms. The fourth-order valence-corrected chi connectivity index (χ4v) is 3.37. The Balaban J connectivity index is 2.49. The largest absolute Gasteiger partial charge is 0.495 e. The predicted molar refractivity (Wildman–Crippen MR) is 76.2 cm³/mol. The molecule has 17 heavy (non-hydrogen) atoms. The molecule has 2 nitrogen and oxygen atoms in total. The maximum Gasteiger partial charge on any atom is 0.160 e. The van der Waals surface area contributed by atoms with Gasteiger partial charge < -0.3 is 4.74 Å². The van der Waals surface area contributed by atoms with Gasteiger partial charge in [0, 0.05) is 10.4 Å². The first-order chi connectivity index (χ1) is 8.15. The highest BCUT2D eigenvalue weighted by molar-refractivity contribution is 9.11. The molecule has 0 unspecified atom stereocenters. The molecule has 5 heteroatoms. The summed E-state index contributed by atoms with van der Waals surface area (Å²) in [5.74, 6) is 0.683. The van der Waals surface area contributed by atoms with E-state index in [0.29, 0.717) is 10.8 Å². The first-order valence-corrected chi connectivity index (χ1v) is 7.13. The van der Waals surface area contributed by atoms with Gasteiger partial charge in [0.25, 0.3) is 0 Å². The zero-order valence-electron chi connectivity index (χ0n) is 9.46. The van der Waals surface area contributed by atoms with E-state index in [1.165, 1.54) is 4.88 Å². The van der Waals surface area contributed by atoms with E-state index in [2.05, 4.69) is 27.8 Å². The fourth-order valence-electron chi connectivity index (χ4n) is 1.60. The van der Waals surface area contributed by atoms with Gasteiger partial charge in [-0.1, -0.05) is 18.5 Å². The number of rotatable bonds is 3. The Morgan fingerprint density at radius 1 is 1.47 bits per heavy atom. The molecule has 0 aliphatic heterocycles. The van der Waals surface area contributed by atoms with Gasteiger partial charge in [-0.3, -0.25) is 0 Å². The van der Waals surface area contributed by atoms with Crippen LogP contribution in [-0.2, 0) is 6.42 Å². The molecule has 0 fully saturated rings. The van der Waals surface area contributed by atoms with Crippen LogP contribution < -0.4 is 4.74 Å². The van der Waals surface area contributed by atoms with E-state index in [1.807, 2.05) is 18.2 Å². The summed E-state index contributed by atoms with van der Waals surface area (Å²) in [6, 6.07) is 5.73. The summed E-state index contributed by atoms with van der Waals surface area (Å²) in [4.78, 5) is 5.73. The van der Waals surface area contributed by atoms with Gasteiger partial charge in [0.2, 0.25) is 0 Å². The number of thiazole rings is 1. The molecule has 1 aromatic heterocycles. The van der Waals surface area contributed by atoms with Crippen molar-refractivity contribution in [3.8, 4) is 17.0 Å². The van der Waals surface area contributed by atoms with E-state index in [0.717, 1.165) is 21.6 Å². The third kappa shape index (κ3) is 2.64. The predicted octanol–water partition coefficient (Wildman–Crippen LogP) is 4.80. The van der Waals surface area contributed by atoms with E-state index in [-0.39, 0.29) is 0 Å². The molecule has 0 saturated carbocycles. The van der Waals surface area contributed by atoms with E-state index in [9.17, 15) is 0 Å². The Labute approximate surface area is 118 Å². The number of hydrogen-bond acceptors (Lipinski definition) is 3.